The Labute approximate surface area is 122 Å². The second-order valence-corrected chi connectivity index (χ2v) is 4.60. The van der Waals surface area contributed by atoms with Crippen molar-refractivity contribution in [2.75, 3.05) is 11.9 Å². The number of primary amides is 1. The SMILES string of the molecule is CCCC(CNC(=O)Nc1ccc(C(N)=O)cc1)C(=O)O. The topological polar surface area (TPSA) is 122 Å². The van der Waals surface area contributed by atoms with Gasteiger partial charge in [-0.2, -0.15) is 0 Å². The van der Waals surface area contributed by atoms with E-state index in [-0.39, 0.29) is 6.54 Å². The predicted octanol–water partition coefficient (Wildman–Crippen LogP) is 1.41. The fraction of sp³-hybridized carbons (Fsp3) is 0.357. The third kappa shape index (κ3) is 5.52. The molecule has 1 rings (SSSR count). The fourth-order valence-electron chi connectivity index (χ4n) is 1.77. The number of urea groups is 1. The summed E-state index contributed by atoms with van der Waals surface area (Å²) in [7, 11) is 0. The molecule has 0 saturated carbocycles. The van der Waals surface area contributed by atoms with Gasteiger partial charge in [-0.15, -0.1) is 0 Å². The standard InChI is InChI=1S/C14H19N3O4/c1-2-3-10(13(19)20)8-16-14(21)17-11-6-4-9(5-7-11)12(15)18/h4-7,10H,2-3,8H2,1H3,(H2,15,18)(H,19,20)(H2,16,17,21). The van der Waals surface area contributed by atoms with Crippen molar-refractivity contribution in [2.45, 2.75) is 19.8 Å². The number of aliphatic carboxylic acids is 1. The molecule has 0 fully saturated rings. The molecule has 0 aliphatic heterocycles. The molecule has 1 atom stereocenters. The van der Waals surface area contributed by atoms with Crippen LogP contribution >= 0.6 is 0 Å². The summed E-state index contributed by atoms with van der Waals surface area (Å²) in [5.41, 5.74) is 5.94. The van der Waals surface area contributed by atoms with Gasteiger partial charge in [-0.1, -0.05) is 13.3 Å². The van der Waals surface area contributed by atoms with Crippen LogP contribution in [0.2, 0.25) is 0 Å². The van der Waals surface area contributed by atoms with Crippen LogP contribution in [0.5, 0.6) is 0 Å². The number of nitrogens with one attached hydrogen (secondary N) is 2. The molecule has 114 valence electrons. The number of benzene rings is 1. The molecular formula is C14H19N3O4. The molecule has 1 aromatic carbocycles. The molecule has 0 aliphatic carbocycles. The van der Waals surface area contributed by atoms with Gasteiger partial charge in [0.15, 0.2) is 0 Å². The number of carbonyl (C=O) groups excluding carboxylic acids is 2. The molecule has 0 aromatic heterocycles. The number of nitrogens with two attached hydrogens (primary N) is 1. The van der Waals surface area contributed by atoms with Crippen LogP contribution in [0.15, 0.2) is 24.3 Å². The number of hydrogen-bond donors (Lipinski definition) is 4. The van der Waals surface area contributed by atoms with Gasteiger partial charge in [0, 0.05) is 17.8 Å². The van der Waals surface area contributed by atoms with Crippen molar-refractivity contribution in [3.05, 3.63) is 29.8 Å². The normalized spacial score (nSPS) is 11.5. The van der Waals surface area contributed by atoms with E-state index in [0.29, 0.717) is 17.7 Å². The molecule has 7 nitrogen and oxygen atoms in total. The van der Waals surface area contributed by atoms with E-state index in [1.807, 2.05) is 6.92 Å². The van der Waals surface area contributed by atoms with E-state index < -0.39 is 23.8 Å². The van der Waals surface area contributed by atoms with Gasteiger partial charge in [0.1, 0.15) is 0 Å². The molecule has 7 heteroatoms. The van der Waals surface area contributed by atoms with E-state index in [1.165, 1.54) is 12.1 Å². The van der Waals surface area contributed by atoms with E-state index in [2.05, 4.69) is 10.6 Å². The van der Waals surface area contributed by atoms with Crippen LogP contribution in [0.1, 0.15) is 30.1 Å². The van der Waals surface area contributed by atoms with Crippen molar-refractivity contribution < 1.29 is 19.5 Å². The van der Waals surface area contributed by atoms with Crippen LogP contribution < -0.4 is 16.4 Å². The van der Waals surface area contributed by atoms with Crippen LogP contribution in [0, 0.1) is 5.92 Å². The summed E-state index contributed by atoms with van der Waals surface area (Å²) in [5.74, 6) is -2.07. The molecule has 0 bridgehead atoms. The van der Waals surface area contributed by atoms with Gasteiger partial charge in [0.05, 0.1) is 5.92 Å². The summed E-state index contributed by atoms with van der Waals surface area (Å²) >= 11 is 0. The van der Waals surface area contributed by atoms with Gasteiger partial charge in [-0.25, -0.2) is 4.79 Å². The van der Waals surface area contributed by atoms with Crippen LogP contribution in [-0.2, 0) is 4.79 Å². The smallest absolute Gasteiger partial charge is 0.319 e. The molecule has 1 unspecified atom stereocenters. The summed E-state index contributed by atoms with van der Waals surface area (Å²) in [5, 5.41) is 14.0. The number of rotatable bonds is 7. The molecule has 1 aromatic rings. The average molecular weight is 293 g/mol. The minimum Gasteiger partial charge on any atom is -0.481 e. The summed E-state index contributed by atoms with van der Waals surface area (Å²) in [4.78, 5) is 33.5. The minimum atomic E-state index is -0.928. The third-order valence-electron chi connectivity index (χ3n) is 2.92. The molecule has 0 spiro atoms. The molecular weight excluding hydrogens is 274 g/mol. The number of carboxylic acid groups (broad SMARTS) is 1. The number of carboxylic acids is 1. The average Bonchev–Trinajstić information content (AvgIpc) is 2.43. The van der Waals surface area contributed by atoms with Crippen LogP contribution in [-0.4, -0.2) is 29.6 Å². The number of amides is 3. The zero-order chi connectivity index (χ0) is 15.8. The Morgan fingerprint density at radius 3 is 2.33 bits per heavy atom. The lowest BCUT2D eigenvalue weighted by molar-refractivity contribution is -0.141. The van der Waals surface area contributed by atoms with Crippen molar-refractivity contribution in [1.29, 1.82) is 0 Å². The van der Waals surface area contributed by atoms with Gasteiger partial charge in [0.25, 0.3) is 0 Å². The zero-order valence-electron chi connectivity index (χ0n) is 11.8. The molecule has 3 amide bonds. The summed E-state index contributed by atoms with van der Waals surface area (Å²) in [6.07, 6.45) is 1.23. The van der Waals surface area contributed by atoms with Crippen molar-refractivity contribution in [1.82, 2.24) is 5.32 Å². The molecule has 5 N–H and O–H groups in total. The van der Waals surface area contributed by atoms with E-state index in [0.717, 1.165) is 6.42 Å². The second-order valence-electron chi connectivity index (χ2n) is 4.60. The van der Waals surface area contributed by atoms with Gasteiger partial charge in [-0.05, 0) is 30.7 Å². The van der Waals surface area contributed by atoms with E-state index in [4.69, 9.17) is 10.8 Å². The predicted molar refractivity (Wildman–Crippen MR) is 78.0 cm³/mol. The van der Waals surface area contributed by atoms with Gasteiger partial charge < -0.3 is 21.5 Å². The highest BCUT2D eigenvalue weighted by Crippen LogP contribution is 2.09. The van der Waals surface area contributed by atoms with Crippen LogP contribution in [0.4, 0.5) is 10.5 Å². The molecule has 21 heavy (non-hydrogen) atoms. The first kappa shape index (κ1) is 16.5. The van der Waals surface area contributed by atoms with E-state index >= 15 is 0 Å². The summed E-state index contributed by atoms with van der Waals surface area (Å²) < 4.78 is 0. The Kier molecular flexibility index (Phi) is 6.19. The highest BCUT2D eigenvalue weighted by Gasteiger charge is 2.17. The zero-order valence-corrected chi connectivity index (χ0v) is 11.8. The largest absolute Gasteiger partial charge is 0.481 e. The maximum absolute atomic E-state index is 11.7. The van der Waals surface area contributed by atoms with Crippen molar-refractivity contribution in [3.8, 4) is 0 Å². The van der Waals surface area contributed by atoms with Crippen LogP contribution in [0.25, 0.3) is 0 Å². The van der Waals surface area contributed by atoms with Crippen molar-refractivity contribution in [3.63, 3.8) is 0 Å². The quantitative estimate of drug-likeness (QED) is 0.607. The minimum absolute atomic E-state index is 0.0639. The monoisotopic (exact) mass is 293 g/mol. The Morgan fingerprint density at radius 1 is 1.24 bits per heavy atom. The third-order valence-corrected chi connectivity index (χ3v) is 2.92. The first-order valence-corrected chi connectivity index (χ1v) is 6.61. The van der Waals surface area contributed by atoms with Crippen molar-refractivity contribution >= 4 is 23.6 Å². The lowest BCUT2D eigenvalue weighted by Gasteiger charge is -2.13. The van der Waals surface area contributed by atoms with Gasteiger partial charge >= 0.3 is 12.0 Å². The number of hydrogen-bond acceptors (Lipinski definition) is 3. The Morgan fingerprint density at radius 2 is 1.86 bits per heavy atom. The van der Waals surface area contributed by atoms with Gasteiger partial charge in [0.2, 0.25) is 5.91 Å². The lowest BCUT2D eigenvalue weighted by atomic mass is 10.0. The fourth-order valence-corrected chi connectivity index (χ4v) is 1.77. The molecule has 0 heterocycles. The molecule has 0 aliphatic rings. The summed E-state index contributed by atoms with van der Waals surface area (Å²) in [6.45, 7) is 1.95. The Balaban J connectivity index is 2.49. The number of carbonyl (C=O) groups is 3. The highest BCUT2D eigenvalue weighted by molar-refractivity contribution is 5.94. The molecule has 0 radical (unpaired) electrons. The highest BCUT2D eigenvalue weighted by atomic mass is 16.4. The Bertz CT molecular complexity index is 513. The first-order chi connectivity index (χ1) is 9.93. The summed E-state index contributed by atoms with van der Waals surface area (Å²) in [6, 6.07) is 5.58. The van der Waals surface area contributed by atoms with Crippen LogP contribution in [0.3, 0.4) is 0 Å². The van der Waals surface area contributed by atoms with Gasteiger partial charge in [-0.3, -0.25) is 9.59 Å². The molecule has 0 saturated heterocycles. The maximum Gasteiger partial charge on any atom is 0.319 e. The Hall–Kier alpha value is -2.57. The van der Waals surface area contributed by atoms with Crippen molar-refractivity contribution in [2.24, 2.45) is 11.7 Å². The van der Waals surface area contributed by atoms with E-state index in [1.54, 1.807) is 12.1 Å². The maximum atomic E-state index is 11.7. The first-order valence-electron chi connectivity index (χ1n) is 6.61. The lowest BCUT2D eigenvalue weighted by Crippen LogP contribution is -2.35. The number of anilines is 1. The van der Waals surface area contributed by atoms with E-state index in [9.17, 15) is 14.4 Å². The second kappa shape index (κ2) is 7.88.